The minimum atomic E-state index is -0.756. The second kappa shape index (κ2) is 13.1. The molecule has 0 aliphatic carbocycles. The molecule has 210 valence electrons. The molecule has 0 spiro atoms. The average molecular weight is 628 g/mol. The lowest BCUT2D eigenvalue weighted by Gasteiger charge is -2.25. The molecule has 40 heavy (non-hydrogen) atoms. The van der Waals surface area contributed by atoms with Gasteiger partial charge in [-0.15, -0.1) is 0 Å². The molecule has 0 radical (unpaired) electrons. The van der Waals surface area contributed by atoms with Gasteiger partial charge < -0.3 is 18.9 Å². The van der Waals surface area contributed by atoms with Gasteiger partial charge in [-0.1, -0.05) is 36.1 Å². The Labute approximate surface area is 245 Å². The fourth-order valence-electron chi connectivity index (χ4n) is 4.37. The highest BCUT2D eigenvalue weighted by molar-refractivity contribution is 9.10. The lowest BCUT2D eigenvalue weighted by atomic mass is 9.95. The molecule has 4 rings (SSSR count). The third-order valence-electron chi connectivity index (χ3n) is 6.01. The van der Waals surface area contributed by atoms with Crippen LogP contribution in [0.3, 0.4) is 0 Å². The van der Waals surface area contributed by atoms with E-state index in [1.807, 2.05) is 44.2 Å². The summed E-state index contributed by atoms with van der Waals surface area (Å²) in [4.78, 5) is 32.2. The summed E-state index contributed by atoms with van der Waals surface area (Å²) in [5.41, 5.74) is 2.02. The lowest BCUT2D eigenvalue weighted by Crippen LogP contribution is -2.40. The van der Waals surface area contributed by atoms with Crippen molar-refractivity contribution in [1.82, 2.24) is 4.57 Å². The zero-order valence-corrected chi connectivity index (χ0v) is 25.3. The van der Waals surface area contributed by atoms with E-state index >= 15 is 0 Å². The van der Waals surface area contributed by atoms with E-state index in [9.17, 15) is 9.59 Å². The summed E-state index contributed by atoms with van der Waals surface area (Å²) >= 11 is 4.79. The Morgan fingerprint density at radius 3 is 2.45 bits per heavy atom. The first kappa shape index (κ1) is 29.4. The molecule has 3 aromatic rings. The number of aromatic nitrogens is 1. The van der Waals surface area contributed by atoms with Crippen molar-refractivity contribution in [2.45, 2.75) is 33.7 Å². The summed E-state index contributed by atoms with van der Waals surface area (Å²) < 4.78 is 25.4. The lowest BCUT2D eigenvalue weighted by molar-refractivity contribution is -0.139. The number of ether oxygens (including phenoxy) is 4. The highest BCUT2D eigenvalue weighted by Gasteiger charge is 2.34. The maximum Gasteiger partial charge on any atom is 0.338 e. The molecule has 0 N–H and O–H groups in total. The molecule has 0 fully saturated rings. The Balaban J connectivity index is 1.89. The second-order valence-corrected chi connectivity index (χ2v) is 10.5. The monoisotopic (exact) mass is 626 g/mol. The van der Waals surface area contributed by atoms with Crippen molar-refractivity contribution in [3.63, 3.8) is 0 Å². The summed E-state index contributed by atoms with van der Waals surface area (Å²) in [6.45, 7) is 12.4. The van der Waals surface area contributed by atoms with Crippen LogP contribution in [0.2, 0.25) is 0 Å². The minimum absolute atomic E-state index is 0.196. The van der Waals surface area contributed by atoms with E-state index in [0.29, 0.717) is 63.2 Å². The molecule has 10 heteroatoms. The van der Waals surface area contributed by atoms with Gasteiger partial charge in [0.15, 0.2) is 16.3 Å². The van der Waals surface area contributed by atoms with Gasteiger partial charge in [-0.2, -0.15) is 0 Å². The smallest absolute Gasteiger partial charge is 0.338 e. The Hall–Kier alpha value is -3.63. The van der Waals surface area contributed by atoms with Gasteiger partial charge in [-0.3, -0.25) is 9.36 Å². The predicted octanol–water partition coefficient (Wildman–Crippen LogP) is 4.92. The van der Waals surface area contributed by atoms with Crippen molar-refractivity contribution >= 4 is 39.3 Å². The molecule has 0 amide bonds. The normalized spacial score (nSPS) is 14.8. The van der Waals surface area contributed by atoms with E-state index in [0.717, 1.165) is 10.0 Å². The molecule has 2 heterocycles. The van der Waals surface area contributed by atoms with Gasteiger partial charge in [0.05, 0.1) is 46.1 Å². The van der Waals surface area contributed by atoms with E-state index in [1.165, 1.54) is 11.3 Å². The van der Waals surface area contributed by atoms with Crippen molar-refractivity contribution in [2.75, 3.05) is 26.4 Å². The average Bonchev–Trinajstić information content (AvgIpc) is 3.22. The fourth-order valence-corrected chi connectivity index (χ4v) is 5.93. The van der Waals surface area contributed by atoms with Crippen molar-refractivity contribution < 1.29 is 23.7 Å². The van der Waals surface area contributed by atoms with Crippen LogP contribution in [0.4, 0.5) is 0 Å². The molecular weight excluding hydrogens is 596 g/mol. The van der Waals surface area contributed by atoms with Crippen molar-refractivity contribution in [3.05, 3.63) is 95.6 Å². The quantitative estimate of drug-likeness (QED) is 0.222. The van der Waals surface area contributed by atoms with Gasteiger partial charge in [0.25, 0.3) is 5.56 Å². The molecule has 0 unspecified atom stereocenters. The van der Waals surface area contributed by atoms with E-state index in [-0.39, 0.29) is 12.2 Å². The zero-order valence-electron chi connectivity index (χ0n) is 22.9. The topological polar surface area (TPSA) is 88.3 Å². The summed E-state index contributed by atoms with van der Waals surface area (Å²) in [5.74, 6) is 1.28. The molecule has 1 atom stereocenters. The van der Waals surface area contributed by atoms with Crippen LogP contribution in [0.1, 0.15) is 44.9 Å². The van der Waals surface area contributed by atoms with Crippen LogP contribution in [0.25, 0.3) is 6.08 Å². The second-order valence-electron chi connectivity index (χ2n) is 8.66. The van der Waals surface area contributed by atoms with Gasteiger partial charge in [-0.25, -0.2) is 9.79 Å². The molecule has 1 aliphatic heterocycles. The number of nitrogens with zero attached hydrogens (tertiary/aromatic N) is 2. The van der Waals surface area contributed by atoms with Gasteiger partial charge in [-0.05, 0) is 85.1 Å². The predicted molar refractivity (Wildman–Crippen MR) is 159 cm³/mol. The first-order chi connectivity index (χ1) is 19.3. The van der Waals surface area contributed by atoms with Gasteiger partial charge in [0, 0.05) is 0 Å². The van der Waals surface area contributed by atoms with Crippen LogP contribution >= 0.6 is 27.3 Å². The Morgan fingerprint density at radius 1 is 1.05 bits per heavy atom. The molecular formula is C30H31BrN2O6S. The number of hydrogen-bond donors (Lipinski definition) is 0. The summed E-state index contributed by atoms with van der Waals surface area (Å²) in [6.07, 6.45) is 3.47. The third-order valence-corrected chi connectivity index (χ3v) is 7.61. The van der Waals surface area contributed by atoms with Crippen molar-refractivity contribution in [3.8, 4) is 17.2 Å². The maximum absolute atomic E-state index is 13.9. The largest absolute Gasteiger partial charge is 0.490 e. The van der Waals surface area contributed by atoms with Crippen LogP contribution < -0.4 is 29.1 Å². The third kappa shape index (κ3) is 6.08. The molecule has 0 bridgehead atoms. The van der Waals surface area contributed by atoms with E-state index < -0.39 is 12.0 Å². The summed E-state index contributed by atoms with van der Waals surface area (Å²) in [7, 11) is 0. The molecule has 0 saturated heterocycles. The summed E-state index contributed by atoms with van der Waals surface area (Å²) in [6, 6.07) is 10.3. The number of carbonyl (C=O) groups excluding carboxylic acids is 1. The van der Waals surface area contributed by atoms with Crippen LogP contribution in [-0.2, 0) is 9.53 Å². The number of halogens is 1. The molecule has 0 saturated carbocycles. The van der Waals surface area contributed by atoms with E-state index in [4.69, 9.17) is 18.9 Å². The highest BCUT2D eigenvalue weighted by atomic mass is 79.9. The molecule has 2 aromatic carbocycles. The number of benzene rings is 2. The van der Waals surface area contributed by atoms with E-state index in [1.54, 1.807) is 36.6 Å². The first-order valence-electron chi connectivity index (χ1n) is 12.9. The number of carbonyl (C=O) groups is 1. The standard InChI is InChI=1S/C30H31BrN2O6S/c1-6-14-39-22-12-10-19(15-21(22)31)16-25-28(34)33-27(20-11-13-23(36-7-2)24(17-20)37-8-3)26(29(35)38-9-4)18(5)32-30(33)40-25/h6,10-13,15-17,27H,1,7-9,14H2,2-5H3/b25-16-/t27-/m1/s1. The zero-order chi connectivity index (χ0) is 28.8. The maximum atomic E-state index is 13.9. The molecule has 1 aliphatic rings. The number of thiazole rings is 1. The Morgan fingerprint density at radius 2 is 1.77 bits per heavy atom. The van der Waals surface area contributed by atoms with E-state index in [2.05, 4.69) is 27.5 Å². The van der Waals surface area contributed by atoms with Crippen molar-refractivity contribution in [1.29, 1.82) is 0 Å². The number of rotatable bonds is 11. The number of fused-ring (bicyclic) bond motifs is 1. The minimum Gasteiger partial charge on any atom is -0.490 e. The van der Waals surface area contributed by atoms with Crippen molar-refractivity contribution in [2.24, 2.45) is 4.99 Å². The SMILES string of the molecule is C=CCOc1ccc(/C=c2\sc3n(c2=O)[C@H](c2ccc(OCC)c(OCC)c2)C(C(=O)OCC)=C(C)N=3)cc1Br. The first-order valence-corrected chi connectivity index (χ1v) is 14.6. The molecule has 8 nitrogen and oxygen atoms in total. The number of allylic oxidation sites excluding steroid dienone is 1. The van der Waals surface area contributed by atoms with Crippen LogP contribution in [0.15, 0.2) is 74.6 Å². The van der Waals surface area contributed by atoms with Crippen LogP contribution in [0, 0.1) is 0 Å². The van der Waals surface area contributed by atoms with Gasteiger partial charge in [0.1, 0.15) is 12.4 Å². The van der Waals surface area contributed by atoms with Crippen LogP contribution in [0.5, 0.6) is 17.2 Å². The van der Waals surface area contributed by atoms with Gasteiger partial charge in [0.2, 0.25) is 0 Å². The highest BCUT2D eigenvalue weighted by Crippen LogP contribution is 2.36. The van der Waals surface area contributed by atoms with Gasteiger partial charge >= 0.3 is 5.97 Å². The Bertz CT molecular complexity index is 1640. The number of hydrogen-bond acceptors (Lipinski definition) is 8. The number of esters is 1. The Kier molecular flexibility index (Phi) is 9.65. The van der Waals surface area contributed by atoms with Crippen LogP contribution in [-0.4, -0.2) is 37.0 Å². The fraction of sp³-hybridized carbons (Fsp3) is 0.300. The molecule has 1 aromatic heterocycles. The summed E-state index contributed by atoms with van der Waals surface area (Å²) in [5, 5.41) is 0.